The number of halogens is 3. The molecule has 0 saturated heterocycles. The maximum atomic E-state index is 12.5. The average molecular weight is 281 g/mol. The summed E-state index contributed by atoms with van der Waals surface area (Å²) in [5, 5.41) is 0. The van der Waals surface area contributed by atoms with Crippen molar-refractivity contribution in [2.45, 2.75) is 24.2 Å². The lowest BCUT2D eigenvalue weighted by Crippen LogP contribution is -2.10. The molecule has 0 aliphatic carbocycles. The molecule has 0 aromatic heterocycles. The molecular formula is C10H11BrF2S. The van der Waals surface area contributed by atoms with E-state index < -0.39 is 5.92 Å². The van der Waals surface area contributed by atoms with Crippen molar-refractivity contribution in [2.24, 2.45) is 0 Å². The Kier molecular flexibility index (Phi) is 4.38. The molecule has 1 aromatic rings. The number of hydrogen-bond donors (Lipinski definition) is 0. The van der Waals surface area contributed by atoms with E-state index in [4.69, 9.17) is 0 Å². The molecule has 1 rings (SSSR count). The van der Waals surface area contributed by atoms with Crippen molar-refractivity contribution >= 4 is 27.7 Å². The molecule has 0 aliphatic heterocycles. The van der Waals surface area contributed by atoms with Gasteiger partial charge in [0, 0.05) is 21.5 Å². The van der Waals surface area contributed by atoms with Crippen LogP contribution in [0.3, 0.4) is 0 Å². The molecule has 0 radical (unpaired) electrons. The third-order valence-corrected chi connectivity index (χ3v) is 3.17. The van der Waals surface area contributed by atoms with Gasteiger partial charge in [-0.05, 0) is 31.2 Å². The minimum absolute atomic E-state index is 0.0757. The predicted octanol–water partition coefficient (Wildman–Crippen LogP) is 4.59. The molecule has 0 bridgehead atoms. The number of hydrogen-bond acceptors (Lipinski definition) is 1. The molecule has 0 fully saturated rings. The number of rotatable bonds is 4. The van der Waals surface area contributed by atoms with Gasteiger partial charge >= 0.3 is 0 Å². The monoisotopic (exact) mass is 280 g/mol. The van der Waals surface area contributed by atoms with Crippen LogP contribution in [-0.2, 0) is 0 Å². The fourth-order valence-corrected chi connectivity index (χ4v) is 2.17. The molecular weight excluding hydrogens is 270 g/mol. The topological polar surface area (TPSA) is 0 Å². The molecule has 0 heterocycles. The summed E-state index contributed by atoms with van der Waals surface area (Å²) in [7, 11) is 0. The number of alkyl halides is 2. The summed E-state index contributed by atoms with van der Waals surface area (Å²) in [6.45, 7) is 0.954. The normalized spacial score (nSPS) is 11.7. The van der Waals surface area contributed by atoms with Crippen molar-refractivity contribution < 1.29 is 8.78 Å². The first-order chi connectivity index (χ1) is 6.47. The van der Waals surface area contributed by atoms with Crippen LogP contribution in [-0.4, -0.2) is 11.7 Å². The zero-order chi connectivity index (χ0) is 10.6. The molecule has 0 unspecified atom stereocenters. The van der Waals surface area contributed by atoms with Gasteiger partial charge in [0.25, 0.3) is 0 Å². The Labute approximate surface area is 95.2 Å². The second kappa shape index (κ2) is 5.12. The first kappa shape index (κ1) is 12.0. The lowest BCUT2D eigenvalue weighted by molar-refractivity contribution is 0.0194. The summed E-state index contributed by atoms with van der Waals surface area (Å²) in [6, 6.07) is 7.66. The van der Waals surface area contributed by atoms with Crippen LogP contribution in [0, 0.1) is 0 Å². The maximum Gasteiger partial charge on any atom is 0.246 e. The van der Waals surface area contributed by atoms with Crippen LogP contribution in [0.5, 0.6) is 0 Å². The van der Waals surface area contributed by atoms with E-state index in [1.54, 1.807) is 0 Å². The van der Waals surface area contributed by atoms with Crippen LogP contribution < -0.4 is 0 Å². The van der Waals surface area contributed by atoms with Crippen molar-refractivity contribution in [1.29, 1.82) is 0 Å². The highest BCUT2D eigenvalue weighted by molar-refractivity contribution is 9.10. The van der Waals surface area contributed by atoms with Crippen LogP contribution >= 0.6 is 27.7 Å². The first-order valence-electron chi connectivity index (χ1n) is 4.23. The summed E-state index contributed by atoms with van der Waals surface area (Å²) in [6.07, 6.45) is -0.0757. The zero-order valence-corrected chi connectivity index (χ0v) is 10.2. The summed E-state index contributed by atoms with van der Waals surface area (Å²) < 4.78 is 25.9. The van der Waals surface area contributed by atoms with Crippen molar-refractivity contribution in [3.05, 3.63) is 28.7 Å². The highest BCUT2D eigenvalue weighted by Gasteiger charge is 2.19. The van der Waals surface area contributed by atoms with Gasteiger partial charge in [0.1, 0.15) is 0 Å². The van der Waals surface area contributed by atoms with Crippen LogP contribution in [0.1, 0.15) is 13.3 Å². The molecule has 0 N–H and O–H groups in total. The second-order valence-electron chi connectivity index (χ2n) is 3.12. The van der Waals surface area contributed by atoms with E-state index in [1.807, 2.05) is 24.3 Å². The standard InChI is InChI=1S/C10H11BrF2S/c1-10(12,13)6-7-14-9-4-2-8(11)3-5-9/h2-5H,6-7H2,1H3. The largest absolute Gasteiger partial charge is 0.246 e. The molecule has 0 saturated carbocycles. The Hall–Kier alpha value is -0.0900. The first-order valence-corrected chi connectivity index (χ1v) is 6.01. The van der Waals surface area contributed by atoms with E-state index in [0.29, 0.717) is 5.75 Å². The van der Waals surface area contributed by atoms with Crippen LogP contribution in [0.15, 0.2) is 33.6 Å². The van der Waals surface area contributed by atoms with Gasteiger partial charge in [0.05, 0.1) is 0 Å². The van der Waals surface area contributed by atoms with Gasteiger partial charge in [-0.3, -0.25) is 0 Å². The van der Waals surface area contributed by atoms with E-state index in [-0.39, 0.29) is 6.42 Å². The molecule has 0 aliphatic rings. The highest BCUT2D eigenvalue weighted by Crippen LogP contribution is 2.25. The molecule has 1 aromatic carbocycles. The van der Waals surface area contributed by atoms with E-state index in [2.05, 4.69) is 15.9 Å². The smallest absolute Gasteiger partial charge is 0.207 e. The number of benzene rings is 1. The van der Waals surface area contributed by atoms with Crippen LogP contribution in [0.4, 0.5) is 8.78 Å². The van der Waals surface area contributed by atoms with E-state index in [9.17, 15) is 8.78 Å². The summed E-state index contributed by atoms with van der Waals surface area (Å²) >= 11 is 4.77. The molecule has 4 heteroatoms. The Morgan fingerprint density at radius 3 is 2.36 bits per heavy atom. The lowest BCUT2D eigenvalue weighted by Gasteiger charge is -2.08. The summed E-state index contributed by atoms with van der Waals surface area (Å²) in [5.41, 5.74) is 0. The van der Waals surface area contributed by atoms with E-state index >= 15 is 0 Å². The van der Waals surface area contributed by atoms with Gasteiger partial charge < -0.3 is 0 Å². The quantitative estimate of drug-likeness (QED) is 0.727. The SMILES string of the molecule is CC(F)(F)CCSc1ccc(Br)cc1. The van der Waals surface area contributed by atoms with Gasteiger partial charge in [0.2, 0.25) is 5.92 Å². The zero-order valence-electron chi connectivity index (χ0n) is 7.77. The Bertz CT molecular complexity index is 279. The van der Waals surface area contributed by atoms with Gasteiger partial charge in [-0.25, -0.2) is 8.78 Å². The predicted molar refractivity (Wildman–Crippen MR) is 60.1 cm³/mol. The van der Waals surface area contributed by atoms with E-state index in [0.717, 1.165) is 16.3 Å². The Balaban J connectivity index is 2.35. The lowest BCUT2D eigenvalue weighted by atomic mass is 10.3. The minimum Gasteiger partial charge on any atom is -0.207 e. The summed E-state index contributed by atoms with van der Waals surface area (Å²) in [4.78, 5) is 1.03. The fraction of sp³-hybridized carbons (Fsp3) is 0.400. The van der Waals surface area contributed by atoms with Crippen molar-refractivity contribution in [3.8, 4) is 0 Å². The van der Waals surface area contributed by atoms with Crippen LogP contribution in [0.2, 0.25) is 0 Å². The fourth-order valence-electron chi connectivity index (χ4n) is 0.879. The molecule has 0 atom stereocenters. The third-order valence-electron chi connectivity index (χ3n) is 1.62. The van der Waals surface area contributed by atoms with Gasteiger partial charge in [0.15, 0.2) is 0 Å². The molecule has 0 spiro atoms. The van der Waals surface area contributed by atoms with Crippen molar-refractivity contribution in [1.82, 2.24) is 0 Å². The van der Waals surface area contributed by atoms with Crippen LogP contribution in [0.25, 0.3) is 0 Å². The van der Waals surface area contributed by atoms with Gasteiger partial charge in [-0.2, -0.15) is 0 Å². The Morgan fingerprint density at radius 2 is 1.86 bits per heavy atom. The Morgan fingerprint density at radius 1 is 1.29 bits per heavy atom. The van der Waals surface area contributed by atoms with Gasteiger partial charge in [-0.1, -0.05) is 15.9 Å². The second-order valence-corrected chi connectivity index (χ2v) is 5.21. The third kappa shape index (κ3) is 4.96. The molecule has 14 heavy (non-hydrogen) atoms. The van der Waals surface area contributed by atoms with Crippen molar-refractivity contribution in [2.75, 3.05) is 5.75 Å². The number of thioether (sulfide) groups is 1. The van der Waals surface area contributed by atoms with Gasteiger partial charge in [-0.15, -0.1) is 11.8 Å². The minimum atomic E-state index is -2.55. The molecule has 78 valence electrons. The van der Waals surface area contributed by atoms with Crippen molar-refractivity contribution in [3.63, 3.8) is 0 Å². The maximum absolute atomic E-state index is 12.5. The average Bonchev–Trinajstić information content (AvgIpc) is 2.06. The summed E-state index contributed by atoms with van der Waals surface area (Å²) in [5.74, 6) is -2.10. The highest BCUT2D eigenvalue weighted by atomic mass is 79.9. The molecule has 0 amide bonds. The van der Waals surface area contributed by atoms with E-state index in [1.165, 1.54) is 11.8 Å². The molecule has 0 nitrogen and oxygen atoms in total.